The van der Waals surface area contributed by atoms with Gasteiger partial charge in [-0.15, -0.1) is 0 Å². The summed E-state index contributed by atoms with van der Waals surface area (Å²) in [5, 5.41) is 0. The zero-order valence-corrected chi connectivity index (χ0v) is 14.3. The maximum Gasteiger partial charge on any atom is 0.255 e. The second kappa shape index (κ2) is 7.33. The van der Waals surface area contributed by atoms with Crippen LogP contribution in [0.15, 0.2) is 54.9 Å². The van der Waals surface area contributed by atoms with Gasteiger partial charge in [0.15, 0.2) is 0 Å². The van der Waals surface area contributed by atoms with Crippen molar-refractivity contribution in [2.24, 2.45) is 5.92 Å². The van der Waals surface area contributed by atoms with E-state index in [1.807, 2.05) is 17.0 Å². The molecule has 2 aromatic rings. The molecule has 2 unspecified atom stereocenters. The Bertz CT molecular complexity index is 698. The number of nitrogens with one attached hydrogen (secondary N) is 2. The first-order valence-electron chi connectivity index (χ1n) is 9.06. The molecule has 0 bridgehead atoms. The summed E-state index contributed by atoms with van der Waals surface area (Å²) >= 11 is 0. The number of piperidine rings is 1. The normalized spacial score (nSPS) is 24.4. The Kier molecular flexibility index (Phi) is 4.76. The zero-order chi connectivity index (χ0) is 17.1. The summed E-state index contributed by atoms with van der Waals surface area (Å²) in [6.45, 7) is 1.65. The molecule has 4 rings (SSSR count). The minimum Gasteiger partial charge on any atom is -0.339 e. The number of amides is 1. The molecule has 2 fully saturated rings. The largest absolute Gasteiger partial charge is 0.339 e. The fourth-order valence-electron chi connectivity index (χ4n) is 3.97. The number of carbonyl (C=O) groups is 1. The Morgan fingerprint density at radius 1 is 1.04 bits per heavy atom. The van der Waals surface area contributed by atoms with Crippen molar-refractivity contribution < 1.29 is 4.79 Å². The molecular weight excluding hydrogens is 312 g/mol. The second-order valence-corrected chi connectivity index (χ2v) is 6.97. The number of nitrogens with zero attached hydrogens (tertiary/aromatic N) is 2. The third-order valence-corrected chi connectivity index (χ3v) is 5.44. The Balaban J connectivity index is 1.31. The standard InChI is InChI=1S/C20H24N4O/c25-20(17-7-4-10-21-14-17)24-11-8-16(9-12-24)19-13-18(22-23-19)15-5-2-1-3-6-15/h1-7,10,14,16,18-19,22-23H,8-9,11-13H2. The number of hydrazine groups is 1. The number of carbonyl (C=O) groups excluding carboxylic acids is 1. The Morgan fingerprint density at radius 3 is 2.56 bits per heavy atom. The van der Waals surface area contributed by atoms with Crippen LogP contribution in [0.3, 0.4) is 0 Å². The van der Waals surface area contributed by atoms with Gasteiger partial charge in [-0.1, -0.05) is 30.3 Å². The lowest BCUT2D eigenvalue weighted by Gasteiger charge is -2.34. The van der Waals surface area contributed by atoms with Crippen LogP contribution in [0.2, 0.25) is 0 Å². The molecule has 2 aliphatic heterocycles. The van der Waals surface area contributed by atoms with Crippen molar-refractivity contribution in [3.05, 3.63) is 66.0 Å². The average Bonchev–Trinajstić information content (AvgIpc) is 3.19. The molecule has 1 aromatic carbocycles. The smallest absolute Gasteiger partial charge is 0.255 e. The third kappa shape index (κ3) is 3.57. The van der Waals surface area contributed by atoms with Gasteiger partial charge < -0.3 is 4.90 Å². The summed E-state index contributed by atoms with van der Waals surface area (Å²) in [6.07, 6.45) is 6.55. The lowest BCUT2D eigenvalue weighted by Crippen LogP contribution is -2.44. The van der Waals surface area contributed by atoms with Crippen LogP contribution in [-0.2, 0) is 0 Å². The molecule has 0 aliphatic carbocycles. The van der Waals surface area contributed by atoms with Gasteiger partial charge in [-0.3, -0.25) is 20.6 Å². The first kappa shape index (κ1) is 16.2. The number of hydrogen-bond donors (Lipinski definition) is 2. The maximum absolute atomic E-state index is 12.5. The summed E-state index contributed by atoms with van der Waals surface area (Å²) in [5.41, 5.74) is 8.95. The average molecular weight is 336 g/mol. The van der Waals surface area contributed by atoms with Crippen molar-refractivity contribution in [3.63, 3.8) is 0 Å². The molecule has 1 aromatic heterocycles. The van der Waals surface area contributed by atoms with E-state index in [9.17, 15) is 4.79 Å². The molecule has 3 heterocycles. The molecule has 2 atom stereocenters. The van der Waals surface area contributed by atoms with Crippen molar-refractivity contribution >= 4 is 5.91 Å². The first-order chi connectivity index (χ1) is 12.3. The van der Waals surface area contributed by atoms with Gasteiger partial charge in [0.05, 0.1) is 5.56 Å². The molecule has 5 nitrogen and oxygen atoms in total. The predicted molar refractivity (Wildman–Crippen MR) is 96.7 cm³/mol. The number of likely N-dealkylation sites (tertiary alicyclic amines) is 1. The van der Waals surface area contributed by atoms with Gasteiger partial charge in [-0.2, -0.15) is 0 Å². The van der Waals surface area contributed by atoms with Gasteiger partial charge in [-0.25, -0.2) is 0 Å². The van der Waals surface area contributed by atoms with E-state index >= 15 is 0 Å². The van der Waals surface area contributed by atoms with Crippen LogP contribution in [0.1, 0.15) is 41.2 Å². The number of pyridine rings is 1. The van der Waals surface area contributed by atoms with Crippen LogP contribution in [-0.4, -0.2) is 34.9 Å². The monoisotopic (exact) mass is 336 g/mol. The molecule has 130 valence electrons. The molecule has 0 radical (unpaired) electrons. The van der Waals surface area contributed by atoms with E-state index in [0.29, 0.717) is 23.6 Å². The molecule has 0 spiro atoms. The number of hydrogen-bond acceptors (Lipinski definition) is 4. The van der Waals surface area contributed by atoms with E-state index in [-0.39, 0.29) is 5.91 Å². The lowest BCUT2D eigenvalue weighted by molar-refractivity contribution is 0.0672. The molecule has 25 heavy (non-hydrogen) atoms. The second-order valence-electron chi connectivity index (χ2n) is 6.97. The van der Waals surface area contributed by atoms with Crippen molar-refractivity contribution in [3.8, 4) is 0 Å². The van der Waals surface area contributed by atoms with Crippen LogP contribution in [0, 0.1) is 5.92 Å². The van der Waals surface area contributed by atoms with Crippen LogP contribution < -0.4 is 10.9 Å². The van der Waals surface area contributed by atoms with Crippen molar-refractivity contribution in [1.82, 2.24) is 20.7 Å². The summed E-state index contributed by atoms with van der Waals surface area (Å²) < 4.78 is 0. The topological polar surface area (TPSA) is 57.3 Å². The fourth-order valence-corrected chi connectivity index (χ4v) is 3.97. The van der Waals surface area contributed by atoms with Crippen LogP contribution in [0.4, 0.5) is 0 Å². The number of aromatic nitrogens is 1. The van der Waals surface area contributed by atoms with Crippen LogP contribution in [0.25, 0.3) is 0 Å². The van der Waals surface area contributed by atoms with E-state index in [2.05, 4.69) is 46.2 Å². The fraction of sp³-hybridized carbons (Fsp3) is 0.400. The van der Waals surface area contributed by atoms with E-state index in [1.165, 1.54) is 5.56 Å². The third-order valence-electron chi connectivity index (χ3n) is 5.44. The van der Waals surface area contributed by atoms with Gasteiger partial charge in [0.2, 0.25) is 0 Å². The van der Waals surface area contributed by atoms with Gasteiger partial charge >= 0.3 is 0 Å². The van der Waals surface area contributed by atoms with Crippen molar-refractivity contribution in [2.75, 3.05) is 13.1 Å². The SMILES string of the molecule is O=C(c1cccnc1)N1CCC(C2CC(c3ccccc3)NN2)CC1. The predicted octanol–water partition coefficient (Wildman–Crippen LogP) is 2.54. The Morgan fingerprint density at radius 2 is 1.84 bits per heavy atom. The lowest BCUT2D eigenvalue weighted by atomic mass is 9.86. The first-order valence-corrected chi connectivity index (χ1v) is 9.06. The summed E-state index contributed by atoms with van der Waals surface area (Å²) in [4.78, 5) is 18.5. The van der Waals surface area contributed by atoms with E-state index in [1.54, 1.807) is 12.4 Å². The molecule has 1 amide bonds. The molecule has 2 N–H and O–H groups in total. The zero-order valence-electron chi connectivity index (χ0n) is 14.3. The van der Waals surface area contributed by atoms with E-state index < -0.39 is 0 Å². The summed E-state index contributed by atoms with van der Waals surface area (Å²) in [6, 6.07) is 15.1. The van der Waals surface area contributed by atoms with Gasteiger partial charge in [0.1, 0.15) is 0 Å². The highest BCUT2D eigenvalue weighted by molar-refractivity contribution is 5.93. The summed E-state index contributed by atoms with van der Waals surface area (Å²) in [5.74, 6) is 0.713. The number of rotatable bonds is 3. The maximum atomic E-state index is 12.5. The van der Waals surface area contributed by atoms with Gasteiger partial charge in [-0.05, 0) is 42.9 Å². The Hall–Kier alpha value is -2.24. The molecule has 0 saturated carbocycles. The minimum atomic E-state index is 0.103. The van der Waals surface area contributed by atoms with Crippen molar-refractivity contribution in [1.29, 1.82) is 0 Å². The van der Waals surface area contributed by atoms with Gasteiger partial charge in [0, 0.05) is 37.6 Å². The Labute approximate surface area is 148 Å². The number of benzene rings is 1. The van der Waals surface area contributed by atoms with Gasteiger partial charge in [0.25, 0.3) is 5.91 Å². The van der Waals surface area contributed by atoms with Crippen molar-refractivity contribution in [2.45, 2.75) is 31.3 Å². The van der Waals surface area contributed by atoms with Crippen LogP contribution >= 0.6 is 0 Å². The van der Waals surface area contributed by atoms with E-state index in [0.717, 1.165) is 32.4 Å². The minimum absolute atomic E-state index is 0.103. The van der Waals surface area contributed by atoms with Crippen LogP contribution in [0.5, 0.6) is 0 Å². The molecule has 2 aliphatic rings. The highest BCUT2D eigenvalue weighted by Gasteiger charge is 2.34. The quantitative estimate of drug-likeness (QED) is 0.904. The highest BCUT2D eigenvalue weighted by atomic mass is 16.2. The molecule has 2 saturated heterocycles. The highest BCUT2D eigenvalue weighted by Crippen LogP contribution is 2.30. The molecular formula is C20H24N4O. The van der Waals surface area contributed by atoms with E-state index in [4.69, 9.17) is 0 Å². The summed E-state index contributed by atoms with van der Waals surface area (Å²) in [7, 11) is 0. The molecule has 5 heteroatoms.